The number of hydrogen-bond donors (Lipinski definition) is 3. The van der Waals surface area contributed by atoms with Crippen LogP contribution in [0.3, 0.4) is 0 Å². The third kappa shape index (κ3) is 0.632. The molecule has 2 saturated heterocycles. The maximum atomic E-state index is 3.30. The summed E-state index contributed by atoms with van der Waals surface area (Å²) in [5.41, 5.74) is 6.69. The molecule has 2 aliphatic rings. The van der Waals surface area contributed by atoms with Crippen LogP contribution in [0.2, 0.25) is 0 Å². The van der Waals surface area contributed by atoms with Crippen LogP contribution in [0.4, 0.5) is 0 Å². The Morgan fingerprint density at radius 3 is 2.00 bits per heavy atom. The summed E-state index contributed by atoms with van der Waals surface area (Å²) in [4.78, 5) is 0. The number of hydrogen-bond acceptors (Lipinski definition) is 3. The van der Waals surface area contributed by atoms with Crippen molar-refractivity contribution in [3.63, 3.8) is 0 Å². The van der Waals surface area contributed by atoms with E-state index in [2.05, 4.69) is 16.2 Å². The van der Waals surface area contributed by atoms with Crippen molar-refractivity contribution in [3.8, 4) is 0 Å². The zero-order chi connectivity index (χ0) is 5.45. The van der Waals surface area contributed by atoms with E-state index in [0.717, 1.165) is 13.1 Å². The lowest BCUT2D eigenvalue weighted by Gasteiger charge is -2.17. The van der Waals surface area contributed by atoms with Gasteiger partial charge >= 0.3 is 0 Å². The van der Waals surface area contributed by atoms with Gasteiger partial charge in [0.15, 0.2) is 0 Å². The summed E-state index contributed by atoms with van der Waals surface area (Å²) < 4.78 is 0. The Morgan fingerprint density at radius 2 is 1.62 bits per heavy atom. The van der Waals surface area contributed by atoms with E-state index in [9.17, 15) is 0 Å². The summed E-state index contributed by atoms with van der Waals surface area (Å²) in [6.45, 7) is 2.31. The average molecular weight is 113 g/mol. The van der Waals surface area contributed by atoms with Crippen molar-refractivity contribution >= 4 is 0 Å². The smallest absolute Gasteiger partial charge is 0.0967 e. The maximum Gasteiger partial charge on any atom is 0.0967 e. The molecule has 2 fully saturated rings. The van der Waals surface area contributed by atoms with E-state index in [1.165, 1.54) is 12.8 Å². The van der Waals surface area contributed by atoms with Crippen LogP contribution in [-0.2, 0) is 0 Å². The summed E-state index contributed by atoms with van der Waals surface area (Å²) in [6.07, 6.45) is 2.46. The predicted octanol–water partition coefficient (Wildman–Crippen LogP) is -0.826. The molecule has 46 valence electrons. The summed E-state index contributed by atoms with van der Waals surface area (Å²) in [7, 11) is 0. The van der Waals surface area contributed by atoms with Gasteiger partial charge in [-0.3, -0.25) is 0 Å². The van der Waals surface area contributed by atoms with E-state index in [4.69, 9.17) is 0 Å². The second-order valence-corrected chi connectivity index (χ2v) is 2.58. The molecule has 3 N–H and O–H groups in total. The van der Waals surface area contributed by atoms with E-state index < -0.39 is 0 Å². The minimum Gasteiger partial charge on any atom is -0.316 e. The first-order valence-corrected chi connectivity index (χ1v) is 3.16. The molecule has 0 unspecified atom stereocenters. The van der Waals surface area contributed by atoms with Crippen LogP contribution in [0.15, 0.2) is 0 Å². The summed E-state index contributed by atoms with van der Waals surface area (Å²) in [5.74, 6) is 0. The normalized spacial score (nSPS) is 33.0. The second-order valence-electron chi connectivity index (χ2n) is 2.58. The van der Waals surface area contributed by atoms with Gasteiger partial charge in [-0.25, -0.2) is 10.9 Å². The van der Waals surface area contributed by atoms with Gasteiger partial charge in [0, 0.05) is 0 Å². The first-order chi connectivity index (χ1) is 3.91. The fourth-order valence-electron chi connectivity index (χ4n) is 1.19. The molecule has 2 aliphatic heterocycles. The molecule has 0 aliphatic carbocycles. The molecule has 0 radical (unpaired) electrons. The van der Waals surface area contributed by atoms with Gasteiger partial charge in [-0.1, -0.05) is 0 Å². The third-order valence-electron chi connectivity index (χ3n) is 1.94. The Morgan fingerprint density at radius 1 is 1.00 bits per heavy atom. The Bertz CT molecular complexity index is 89.8. The first kappa shape index (κ1) is 4.73. The molecule has 2 heterocycles. The van der Waals surface area contributed by atoms with Crippen LogP contribution in [0, 0.1) is 0 Å². The zero-order valence-corrected chi connectivity index (χ0v) is 4.83. The molecular formula is C5H11N3. The topological polar surface area (TPSA) is 55.9 Å². The highest BCUT2D eigenvalue weighted by Crippen LogP contribution is 2.20. The fraction of sp³-hybridized carbons (Fsp3) is 1.00. The van der Waals surface area contributed by atoms with Crippen LogP contribution in [0.5, 0.6) is 0 Å². The van der Waals surface area contributed by atoms with Crippen molar-refractivity contribution in [2.45, 2.75) is 18.5 Å². The lowest BCUT2D eigenvalue weighted by molar-refractivity contribution is 0.416. The van der Waals surface area contributed by atoms with Crippen LogP contribution >= 0.6 is 0 Å². The Hall–Kier alpha value is -0.120. The van der Waals surface area contributed by atoms with Crippen LogP contribution in [0.1, 0.15) is 12.8 Å². The molecule has 0 aromatic heterocycles. The third-order valence-corrected chi connectivity index (χ3v) is 1.94. The lowest BCUT2D eigenvalue weighted by atomic mass is 10.0. The number of piperidine rings is 1. The average Bonchev–Trinajstić information content (AvgIpc) is 2.52. The van der Waals surface area contributed by atoms with Crippen molar-refractivity contribution < 1.29 is 0 Å². The van der Waals surface area contributed by atoms with Crippen LogP contribution < -0.4 is 16.2 Å². The van der Waals surface area contributed by atoms with Crippen molar-refractivity contribution in [1.82, 2.24) is 16.2 Å². The Balaban J connectivity index is 1.95. The van der Waals surface area contributed by atoms with E-state index in [1.54, 1.807) is 0 Å². The van der Waals surface area contributed by atoms with E-state index >= 15 is 0 Å². The fourth-order valence-corrected chi connectivity index (χ4v) is 1.19. The molecule has 0 bridgehead atoms. The molecule has 0 atom stereocenters. The quantitative estimate of drug-likeness (QED) is 0.359. The van der Waals surface area contributed by atoms with Gasteiger partial charge in [0.2, 0.25) is 0 Å². The first-order valence-electron chi connectivity index (χ1n) is 3.16. The highest BCUT2D eigenvalue weighted by Gasteiger charge is 2.41. The van der Waals surface area contributed by atoms with Gasteiger partial charge in [0.05, 0.1) is 5.66 Å². The maximum absolute atomic E-state index is 3.30. The summed E-state index contributed by atoms with van der Waals surface area (Å²) >= 11 is 0. The standard InChI is InChI=1S/C5H11N3/c1-3-6-4-2-5(1)7-8-5/h6-8H,1-4H2. The number of hydrazine groups is 1. The van der Waals surface area contributed by atoms with E-state index in [1.807, 2.05) is 0 Å². The highest BCUT2D eigenvalue weighted by molar-refractivity contribution is 4.97. The van der Waals surface area contributed by atoms with Gasteiger partial charge in [-0.15, -0.1) is 0 Å². The number of nitrogens with one attached hydrogen (secondary N) is 3. The Labute approximate surface area is 48.8 Å². The highest BCUT2D eigenvalue weighted by atomic mass is 15.7. The summed E-state index contributed by atoms with van der Waals surface area (Å²) in [5, 5.41) is 3.30. The van der Waals surface area contributed by atoms with E-state index in [0.29, 0.717) is 5.66 Å². The van der Waals surface area contributed by atoms with Gasteiger partial charge in [-0.05, 0) is 25.9 Å². The second kappa shape index (κ2) is 1.43. The Kier molecular flexibility index (Phi) is 0.848. The van der Waals surface area contributed by atoms with Crippen molar-refractivity contribution in [2.75, 3.05) is 13.1 Å². The van der Waals surface area contributed by atoms with Crippen LogP contribution in [-0.4, -0.2) is 18.8 Å². The van der Waals surface area contributed by atoms with Crippen molar-refractivity contribution in [3.05, 3.63) is 0 Å². The molecule has 8 heavy (non-hydrogen) atoms. The van der Waals surface area contributed by atoms with Gasteiger partial charge in [-0.2, -0.15) is 0 Å². The van der Waals surface area contributed by atoms with Gasteiger partial charge in [0.1, 0.15) is 0 Å². The molecule has 3 nitrogen and oxygen atoms in total. The molecule has 0 amide bonds. The number of rotatable bonds is 0. The molecule has 0 saturated carbocycles. The largest absolute Gasteiger partial charge is 0.316 e. The molecule has 0 aromatic carbocycles. The van der Waals surface area contributed by atoms with Crippen molar-refractivity contribution in [2.24, 2.45) is 0 Å². The molecule has 1 spiro atoms. The molecule has 3 heteroatoms. The minimum atomic E-state index is 0.366. The van der Waals surface area contributed by atoms with Crippen molar-refractivity contribution in [1.29, 1.82) is 0 Å². The molecule has 0 aromatic rings. The monoisotopic (exact) mass is 113 g/mol. The van der Waals surface area contributed by atoms with Gasteiger partial charge < -0.3 is 5.32 Å². The minimum absolute atomic E-state index is 0.366. The molecular weight excluding hydrogens is 102 g/mol. The lowest BCUT2D eigenvalue weighted by Crippen LogP contribution is -2.35. The predicted molar refractivity (Wildman–Crippen MR) is 31.1 cm³/mol. The SMILES string of the molecule is C1CC2(CCN1)NN2. The summed E-state index contributed by atoms with van der Waals surface area (Å²) in [6, 6.07) is 0. The zero-order valence-electron chi connectivity index (χ0n) is 4.83. The molecule has 2 rings (SSSR count). The van der Waals surface area contributed by atoms with Gasteiger partial charge in [0.25, 0.3) is 0 Å². The van der Waals surface area contributed by atoms with E-state index in [-0.39, 0.29) is 0 Å². The van der Waals surface area contributed by atoms with Crippen LogP contribution in [0.25, 0.3) is 0 Å².